The van der Waals surface area contributed by atoms with E-state index in [0.717, 1.165) is 5.56 Å². The molecule has 0 atom stereocenters. The third-order valence-corrected chi connectivity index (χ3v) is 3.69. The van der Waals surface area contributed by atoms with Gasteiger partial charge in [-0.3, -0.25) is 10.1 Å². The first-order chi connectivity index (χ1) is 12.9. The van der Waals surface area contributed by atoms with E-state index in [1.807, 2.05) is 24.3 Å². The summed E-state index contributed by atoms with van der Waals surface area (Å²) in [5.74, 6) is 0.667. The summed E-state index contributed by atoms with van der Waals surface area (Å²) < 4.78 is 10.9. The smallest absolute Gasteiger partial charge is 0.363 e. The highest BCUT2D eigenvalue weighted by atomic mass is 16.6. The highest BCUT2D eigenvalue weighted by Crippen LogP contribution is 2.22. The maximum absolute atomic E-state index is 12.1. The Labute approximate surface area is 156 Å². The molecule has 1 aliphatic heterocycles. The van der Waals surface area contributed by atoms with E-state index < -0.39 is 10.9 Å². The normalized spacial score (nSPS) is 15.0. The lowest BCUT2D eigenvalue weighted by Gasteiger charge is -2.08. The molecule has 1 aliphatic rings. The number of carbonyl (C=O) groups excluding carboxylic acids is 1. The fourth-order valence-electron chi connectivity index (χ4n) is 2.37. The molecule has 2 aromatic carbocycles. The Morgan fingerprint density at radius 3 is 2.63 bits per heavy atom. The van der Waals surface area contributed by atoms with Crippen molar-refractivity contribution in [2.24, 2.45) is 10.9 Å². The molecule has 0 saturated heterocycles. The van der Waals surface area contributed by atoms with E-state index in [0.29, 0.717) is 23.8 Å². The standard InChI is InChI=1S/C20H18N2O5/c1-13(2)12-26-17-5-3-4-14(10-17)11-18-20(23)27-19(21-18)15-6-8-16(9-7-15)22(24)25/h3-11,13H,12H2,1-2H3/b18-11-. The van der Waals surface area contributed by atoms with Crippen molar-refractivity contribution < 1.29 is 19.2 Å². The maximum atomic E-state index is 12.1. The zero-order chi connectivity index (χ0) is 19.4. The van der Waals surface area contributed by atoms with Crippen molar-refractivity contribution >= 4 is 23.6 Å². The van der Waals surface area contributed by atoms with Gasteiger partial charge in [-0.2, -0.15) is 0 Å². The number of carbonyl (C=O) groups is 1. The van der Waals surface area contributed by atoms with Crippen molar-refractivity contribution in [1.82, 2.24) is 0 Å². The number of ether oxygens (including phenoxy) is 2. The molecular weight excluding hydrogens is 348 g/mol. The van der Waals surface area contributed by atoms with Gasteiger partial charge in [0.15, 0.2) is 5.70 Å². The van der Waals surface area contributed by atoms with Crippen LogP contribution in [-0.2, 0) is 9.53 Å². The number of nitrogens with zero attached hydrogens (tertiary/aromatic N) is 2. The van der Waals surface area contributed by atoms with Crippen LogP contribution in [0.5, 0.6) is 5.75 Å². The SMILES string of the molecule is CC(C)COc1cccc(/C=C2\N=C(c3ccc([N+](=O)[O-])cc3)OC2=O)c1. The fourth-order valence-corrected chi connectivity index (χ4v) is 2.37. The zero-order valence-electron chi connectivity index (χ0n) is 14.9. The number of rotatable bonds is 6. The van der Waals surface area contributed by atoms with E-state index in [1.165, 1.54) is 24.3 Å². The Morgan fingerprint density at radius 2 is 1.96 bits per heavy atom. The summed E-state index contributed by atoms with van der Waals surface area (Å²) in [5, 5.41) is 10.7. The third-order valence-electron chi connectivity index (χ3n) is 3.69. The summed E-state index contributed by atoms with van der Waals surface area (Å²) in [6.07, 6.45) is 1.61. The van der Waals surface area contributed by atoms with E-state index in [9.17, 15) is 14.9 Å². The van der Waals surface area contributed by atoms with Gasteiger partial charge in [0.25, 0.3) is 5.69 Å². The second kappa shape index (κ2) is 7.82. The van der Waals surface area contributed by atoms with E-state index in [4.69, 9.17) is 9.47 Å². The second-order valence-electron chi connectivity index (χ2n) is 6.42. The number of non-ortho nitro benzene ring substituents is 1. The van der Waals surface area contributed by atoms with Crippen LogP contribution in [0.15, 0.2) is 59.2 Å². The highest BCUT2D eigenvalue weighted by molar-refractivity contribution is 6.12. The zero-order valence-corrected chi connectivity index (χ0v) is 14.9. The monoisotopic (exact) mass is 366 g/mol. The first-order valence-electron chi connectivity index (χ1n) is 8.42. The van der Waals surface area contributed by atoms with Crippen LogP contribution < -0.4 is 4.74 Å². The van der Waals surface area contributed by atoms with Crippen LogP contribution in [0.1, 0.15) is 25.0 Å². The van der Waals surface area contributed by atoms with Gasteiger partial charge in [-0.1, -0.05) is 26.0 Å². The van der Waals surface area contributed by atoms with Crippen molar-refractivity contribution in [2.75, 3.05) is 6.61 Å². The summed E-state index contributed by atoms with van der Waals surface area (Å²) in [5.41, 5.74) is 1.37. The average Bonchev–Trinajstić information content (AvgIpc) is 3.01. The molecule has 7 heteroatoms. The van der Waals surface area contributed by atoms with Crippen molar-refractivity contribution in [3.8, 4) is 5.75 Å². The number of hydrogen-bond donors (Lipinski definition) is 0. The van der Waals surface area contributed by atoms with Gasteiger partial charge in [0.1, 0.15) is 5.75 Å². The average molecular weight is 366 g/mol. The quantitative estimate of drug-likeness (QED) is 0.334. The Balaban J connectivity index is 1.81. The molecule has 0 N–H and O–H groups in total. The molecule has 7 nitrogen and oxygen atoms in total. The van der Waals surface area contributed by atoms with Crippen LogP contribution in [0.2, 0.25) is 0 Å². The van der Waals surface area contributed by atoms with E-state index in [-0.39, 0.29) is 17.3 Å². The number of esters is 1. The summed E-state index contributed by atoms with van der Waals surface area (Å²) in [6, 6.07) is 13.0. The lowest BCUT2D eigenvalue weighted by Crippen LogP contribution is -2.05. The predicted molar refractivity (Wildman–Crippen MR) is 100 cm³/mol. The molecule has 3 rings (SSSR count). The maximum Gasteiger partial charge on any atom is 0.363 e. The molecule has 0 radical (unpaired) electrons. The number of benzene rings is 2. The van der Waals surface area contributed by atoms with Gasteiger partial charge in [0, 0.05) is 17.7 Å². The molecule has 1 heterocycles. The second-order valence-corrected chi connectivity index (χ2v) is 6.42. The lowest BCUT2D eigenvalue weighted by molar-refractivity contribution is -0.384. The molecular formula is C20H18N2O5. The summed E-state index contributed by atoms with van der Waals surface area (Å²) in [4.78, 5) is 26.5. The minimum Gasteiger partial charge on any atom is -0.493 e. The molecule has 138 valence electrons. The van der Waals surface area contributed by atoms with E-state index >= 15 is 0 Å². The number of nitro benzene ring substituents is 1. The molecule has 0 bridgehead atoms. The minimum absolute atomic E-state index is 0.0438. The van der Waals surface area contributed by atoms with Crippen LogP contribution in [0.3, 0.4) is 0 Å². The molecule has 0 amide bonds. The van der Waals surface area contributed by atoms with Gasteiger partial charge >= 0.3 is 5.97 Å². The first-order valence-corrected chi connectivity index (χ1v) is 8.42. The summed E-state index contributed by atoms with van der Waals surface area (Å²) in [7, 11) is 0. The third kappa shape index (κ3) is 4.58. The van der Waals surface area contributed by atoms with Gasteiger partial charge in [0.2, 0.25) is 5.90 Å². The van der Waals surface area contributed by atoms with Crippen molar-refractivity contribution in [3.63, 3.8) is 0 Å². The topological polar surface area (TPSA) is 91.0 Å². The molecule has 0 unspecified atom stereocenters. The molecule has 0 aliphatic carbocycles. The van der Waals surface area contributed by atoms with Gasteiger partial charge in [-0.05, 0) is 41.8 Å². The largest absolute Gasteiger partial charge is 0.493 e. The van der Waals surface area contributed by atoms with Gasteiger partial charge < -0.3 is 9.47 Å². The van der Waals surface area contributed by atoms with Gasteiger partial charge in [-0.15, -0.1) is 0 Å². The predicted octanol–water partition coefficient (Wildman–Crippen LogP) is 3.97. The highest BCUT2D eigenvalue weighted by Gasteiger charge is 2.24. The molecule has 27 heavy (non-hydrogen) atoms. The molecule has 0 fully saturated rings. The lowest BCUT2D eigenvalue weighted by atomic mass is 10.2. The van der Waals surface area contributed by atoms with Crippen LogP contribution in [-0.4, -0.2) is 23.4 Å². The number of hydrogen-bond acceptors (Lipinski definition) is 6. The van der Waals surface area contributed by atoms with Crippen molar-refractivity contribution in [3.05, 3.63) is 75.5 Å². The number of cyclic esters (lactones) is 1. The Morgan fingerprint density at radius 1 is 1.22 bits per heavy atom. The summed E-state index contributed by atoms with van der Waals surface area (Å²) >= 11 is 0. The van der Waals surface area contributed by atoms with Crippen molar-refractivity contribution in [2.45, 2.75) is 13.8 Å². The Hall–Kier alpha value is -3.48. The first kappa shape index (κ1) is 18.3. The molecule has 2 aromatic rings. The fraction of sp³-hybridized carbons (Fsp3) is 0.200. The molecule has 0 aromatic heterocycles. The van der Waals surface area contributed by atoms with Crippen LogP contribution in [0, 0.1) is 16.0 Å². The number of aliphatic imine (C=N–C) groups is 1. The van der Waals surface area contributed by atoms with Crippen LogP contribution in [0.4, 0.5) is 5.69 Å². The number of nitro groups is 1. The molecule has 0 saturated carbocycles. The molecule has 0 spiro atoms. The summed E-state index contributed by atoms with van der Waals surface area (Å²) in [6.45, 7) is 4.73. The van der Waals surface area contributed by atoms with Crippen LogP contribution in [0.25, 0.3) is 6.08 Å². The van der Waals surface area contributed by atoms with E-state index in [2.05, 4.69) is 18.8 Å². The Bertz CT molecular complexity index is 930. The van der Waals surface area contributed by atoms with Crippen molar-refractivity contribution in [1.29, 1.82) is 0 Å². The minimum atomic E-state index is -0.572. The Kier molecular flexibility index (Phi) is 5.30. The van der Waals surface area contributed by atoms with Crippen LogP contribution >= 0.6 is 0 Å². The van der Waals surface area contributed by atoms with Gasteiger partial charge in [-0.25, -0.2) is 9.79 Å². The van der Waals surface area contributed by atoms with E-state index in [1.54, 1.807) is 6.08 Å². The van der Waals surface area contributed by atoms with Gasteiger partial charge in [0.05, 0.1) is 11.5 Å².